The highest BCUT2D eigenvalue weighted by Crippen LogP contribution is 2.15. The standard InChI is InChI=1S/C20H32N6O/c1-6-17-16(18(7-2)27-25-17)14-24-20(21-5)23-13-15-10-11-19(22-12-15)26(8-3)9-4/h10-12H,6-9,13-14H2,1-5H3,(H2,21,23,24). The van der Waals surface area contributed by atoms with E-state index in [1.807, 2.05) is 6.20 Å². The Morgan fingerprint density at radius 2 is 1.81 bits per heavy atom. The number of guanidine groups is 1. The molecule has 2 aromatic heterocycles. The predicted molar refractivity (Wildman–Crippen MR) is 110 cm³/mol. The number of hydrogen-bond donors (Lipinski definition) is 2. The fourth-order valence-corrected chi connectivity index (χ4v) is 2.97. The molecule has 2 aromatic rings. The molecule has 2 rings (SSSR count). The van der Waals surface area contributed by atoms with Crippen LogP contribution in [0, 0.1) is 0 Å². The van der Waals surface area contributed by atoms with Crippen LogP contribution in [0.15, 0.2) is 27.8 Å². The van der Waals surface area contributed by atoms with Crippen LogP contribution in [0.4, 0.5) is 5.82 Å². The molecule has 0 fully saturated rings. The molecule has 0 aliphatic rings. The largest absolute Gasteiger partial charge is 0.361 e. The fourth-order valence-electron chi connectivity index (χ4n) is 2.97. The third-order valence-electron chi connectivity index (χ3n) is 4.62. The van der Waals surface area contributed by atoms with E-state index < -0.39 is 0 Å². The molecule has 27 heavy (non-hydrogen) atoms. The Morgan fingerprint density at radius 1 is 1.07 bits per heavy atom. The maximum Gasteiger partial charge on any atom is 0.191 e. The van der Waals surface area contributed by atoms with Crippen molar-refractivity contribution >= 4 is 11.8 Å². The Morgan fingerprint density at radius 3 is 2.37 bits per heavy atom. The highest BCUT2D eigenvalue weighted by molar-refractivity contribution is 5.79. The normalized spacial score (nSPS) is 11.5. The number of anilines is 1. The summed E-state index contributed by atoms with van der Waals surface area (Å²) < 4.78 is 5.42. The Labute approximate surface area is 162 Å². The molecule has 148 valence electrons. The van der Waals surface area contributed by atoms with Crippen LogP contribution in [-0.4, -0.2) is 36.2 Å². The van der Waals surface area contributed by atoms with Gasteiger partial charge in [-0.3, -0.25) is 4.99 Å². The summed E-state index contributed by atoms with van der Waals surface area (Å²) in [4.78, 5) is 11.1. The van der Waals surface area contributed by atoms with Gasteiger partial charge in [-0.05, 0) is 31.9 Å². The molecule has 0 atom stereocenters. The second kappa shape index (κ2) is 10.5. The zero-order valence-corrected chi connectivity index (χ0v) is 17.2. The monoisotopic (exact) mass is 372 g/mol. The van der Waals surface area contributed by atoms with Gasteiger partial charge in [-0.15, -0.1) is 0 Å². The Kier molecular flexibility index (Phi) is 8.10. The lowest BCUT2D eigenvalue weighted by atomic mass is 10.1. The zero-order chi connectivity index (χ0) is 19.6. The van der Waals surface area contributed by atoms with Gasteiger partial charge in [-0.2, -0.15) is 0 Å². The lowest BCUT2D eigenvalue weighted by Gasteiger charge is -2.19. The molecule has 0 aromatic carbocycles. The van der Waals surface area contributed by atoms with Crippen LogP contribution in [0.1, 0.15) is 50.3 Å². The third-order valence-corrected chi connectivity index (χ3v) is 4.62. The lowest BCUT2D eigenvalue weighted by molar-refractivity contribution is 0.380. The molecule has 0 aliphatic carbocycles. The SMILES string of the molecule is CCc1noc(CC)c1CNC(=NC)NCc1ccc(N(CC)CC)nc1. The van der Waals surface area contributed by atoms with Crippen molar-refractivity contribution in [2.45, 2.75) is 53.6 Å². The average Bonchev–Trinajstić information content (AvgIpc) is 3.12. The van der Waals surface area contributed by atoms with Crippen molar-refractivity contribution < 1.29 is 4.52 Å². The van der Waals surface area contributed by atoms with Crippen molar-refractivity contribution in [3.63, 3.8) is 0 Å². The molecule has 0 saturated heterocycles. The summed E-state index contributed by atoms with van der Waals surface area (Å²) in [5, 5.41) is 10.8. The van der Waals surface area contributed by atoms with Gasteiger partial charge < -0.3 is 20.1 Å². The van der Waals surface area contributed by atoms with Gasteiger partial charge in [0.05, 0.1) is 5.69 Å². The summed E-state index contributed by atoms with van der Waals surface area (Å²) in [6.07, 6.45) is 3.61. The van der Waals surface area contributed by atoms with E-state index in [9.17, 15) is 0 Å². The molecule has 0 bridgehead atoms. The van der Waals surface area contributed by atoms with Gasteiger partial charge in [0, 0.05) is 51.4 Å². The van der Waals surface area contributed by atoms with Crippen LogP contribution >= 0.6 is 0 Å². The quantitative estimate of drug-likeness (QED) is 0.520. The Hall–Kier alpha value is -2.57. The predicted octanol–water partition coefficient (Wildman–Crippen LogP) is 2.91. The van der Waals surface area contributed by atoms with E-state index in [1.54, 1.807) is 7.05 Å². The molecule has 0 amide bonds. The molecule has 2 heterocycles. The summed E-state index contributed by atoms with van der Waals surface area (Å²) in [5.41, 5.74) is 3.25. The number of aromatic nitrogens is 2. The van der Waals surface area contributed by atoms with E-state index in [0.29, 0.717) is 13.1 Å². The van der Waals surface area contributed by atoms with Crippen LogP contribution < -0.4 is 15.5 Å². The summed E-state index contributed by atoms with van der Waals surface area (Å²) in [5.74, 6) is 2.69. The van der Waals surface area contributed by atoms with Crippen LogP contribution in [0.5, 0.6) is 0 Å². The summed E-state index contributed by atoms with van der Waals surface area (Å²) in [6, 6.07) is 4.17. The molecule has 0 aliphatic heterocycles. The number of nitrogens with one attached hydrogen (secondary N) is 2. The molecule has 7 heteroatoms. The topological polar surface area (TPSA) is 78.6 Å². The van der Waals surface area contributed by atoms with E-state index in [2.05, 4.69) is 70.5 Å². The van der Waals surface area contributed by atoms with Crippen molar-refractivity contribution in [2.75, 3.05) is 25.0 Å². The second-order valence-corrected chi connectivity index (χ2v) is 6.21. The van der Waals surface area contributed by atoms with E-state index in [4.69, 9.17) is 4.52 Å². The van der Waals surface area contributed by atoms with E-state index >= 15 is 0 Å². The summed E-state index contributed by atoms with van der Waals surface area (Å²) in [7, 11) is 1.77. The first-order chi connectivity index (χ1) is 13.2. The number of rotatable bonds is 9. The van der Waals surface area contributed by atoms with Gasteiger partial charge in [0.2, 0.25) is 0 Å². The molecule has 0 spiro atoms. The van der Waals surface area contributed by atoms with Crippen molar-refractivity contribution in [1.29, 1.82) is 0 Å². The number of pyridine rings is 1. The summed E-state index contributed by atoms with van der Waals surface area (Å²) >= 11 is 0. The first-order valence-electron chi connectivity index (χ1n) is 9.77. The lowest BCUT2D eigenvalue weighted by Crippen LogP contribution is -2.36. The third kappa shape index (κ3) is 5.45. The second-order valence-electron chi connectivity index (χ2n) is 6.21. The van der Waals surface area contributed by atoms with Gasteiger partial charge in [0.15, 0.2) is 5.96 Å². The van der Waals surface area contributed by atoms with Crippen LogP contribution in [0.2, 0.25) is 0 Å². The Balaban J connectivity index is 1.92. The van der Waals surface area contributed by atoms with E-state index in [1.165, 1.54) is 0 Å². The van der Waals surface area contributed by atoms with Gasteiger partial charge in [-0.1, -0.05) is 25.1 Å². The highest BCUT2D eigenvalue weighted by atomic mass is 16.5. The number of aliphatic imine (C=N–C) groups is 1. The number of aryl methyl sites for hydroxylation is 2. The summed E-state index contributed by atoms with van der Waals surface area (Å²) in [6.45, 7) is 11.7. The van der Waals surface area contributed by atoms with Crippen molar-refractivity contribution in [3.8, 4) is 0 Å². The first-order valence-corrected chi connectivity index (χ1v) is 9.77. The Bertz CT molecular complexity index is 697. The minimum atomic E-state index is 0.647. The fraction of sp³-hybridized carbons (Fsp3) is 0.550. The highest BCUT2D eigenvalue weighted by Gasteiger charge is 2.13. The maximum absolute atomic E-state index is 5.42. The van der Waals surface area contributed by atoms with Crippen molar-refractivity contribution in [1.82, 2.24) is 20.8 Å². The van der Waals surface area contributed by atoms with Crippen LogP contribution in [0.3, 0.4) is 0 Å². The molecular weight excluding hydrogens is 340 g/mol. The molecule has 2 N–H and O–H groups in total. The van der Waals surface area contributed by atoms with Crippen LogP contribution in [-0.2, 0) is 25.9 Å². The van der Waals surface area contributed by atoms with Gasteiger partial charge in [0.25, 0.3) is 0 Å². The number of hydrogen-bond acceptors (Lipinski definition) is 5. The first kappa shape index (κ1) is 20.7. The number of nitrogens with zero attached hydrogens (tertiary/aromatic N) is 4. The zero-order valence-electron chi connectivity index (χ0n) is 17.2. The average molecular weight is 373 g/mol. The van der Waals surface area contributed by atoms with Crippen molar-refractivity contribution in [2.24, 2.45) is 4.99 Å². The van der Waals surface area contributed by atoms with Crippen molar-refractivity contribution in [3.05, 3.63) is 40.9 Å². The molecule has 0 unspecified atom stereocenters. The van der Waals surface area contributed by atoms with Gasteiger partial charge in [-0.25, -0.2) is 4.98 Å². The van der Waals surface area contributed by atoms with Gasteiger partial charge >= 0.3 is 0 Å². The molecule has 7 nitrogen and oxygen atoms in total. The minimum absolute atomic E-state index is 0.647. The van der Waals surface area contributed by atoms with E-state index in [0.717, 1.165) is 60.3 Å². The maximum atomic E-state index is 5.42. The molecular formula is C20H32N6O. The molecule has 0 radical (unpaired) electrons. The van der Waals surface area contributed by atoms with E-state index in [-0.39, 0.29) is 0 Å². The minimum Gasteiger partial charge on any atom is -0.361 e. The van der Waals surface area contributed by atoms with Crippen LogP contribution in [0.25, 0.3) is 0 Å². The van der Waals surface area contributed by atoms with Gasteiger partial charge in [0.1, 0.15) is 11.6 Å². The smallest absolute Gasteiger partial charge is 0.191 e. The molecule has 0 saturated carbocycles.